The van der Waals surface area contributed by atoms with Gasteiger partial charge in [0.15, 0.2) is 5.82 Å². The molecule has 2 aromatic rings. The van der Waals surface area contributed by atoms with Crippen LogP contribution in [0.15, 0.2) is 30.5 Å². The molecule has 0 aliphatic heterocycles. The minimum Gasteiger partial charge on any atom is -0.236 e. The molecule has 1 aliphatic rings. The van der Waals surface area contributed by atoms with Gasteiger partial charge in [-0.1, -0.05) is 23.7 Å². The van der Waals surface area contributed by atoms with Crippen molar-refractivity contribution < 1.29 is 0 Å². The molecule has 0 spiro atoms. The fourth-order valence-corrected chi connectivity index (χ4v) is 2.48. The molecule has 0 saturated heterocycles. The van der Waals surface area contributed by atoms with E-state index in [0.29, 0.717) is 11.0 Å². The van der Waals surface area contributed by atoms with Crippen LogP contribution in [0.4, 0.5) is 0 Å². The molecule has 3 heteroatoms. The van der Waals surface area contributed by atoms with Crippen LogP contribution in [0.5, 0.6) is 0 Å². The molecule has 17 heavy (non-hydrogen) atoms. The first-order chi connectivity index (χ1) is 8.33. The summed E-state index contributed by atoms with van der Waals surface area (Å²) in [5, 5.41) is 0.493. The minimum absolute atomic E-state index is 0.493. The summed E-state index contributed by atoms with van der Waals surface area (Å²) in [7, 11) is 0. The average molecular weight is 245 g/mol. The van der Waals surface area contributed by atoms with Crippen molar-refractivity contribution in [2.45, 2.75) is 25.7 Å². The van der Waals surface area contributed by atoms with E-state index in [2.05, 4.69) is 28.2 Å². The van der Waals surface area contributed by atoms with Crippen LogP contribution in [0.1, 0.15) is 24.0 Å². The Morgan fingerprint density at radius 2 is 1.82 bits per heavy atom. The standard InChI is InChI=1S/C14H13ClN2/c15-13-7-8-16-14(17-13)12-6-5-10-3-1-2-4-11(10)9-12/h5-9H,1-4H2. The van der Waals surface area contributed by atoms with E-state index in [0.717, 1.165) is 5.56 Å². The van der Waals surface area contributed by atoms with Crippen molar-refractivity contribution in [2.75, 3.05) is 0 Å². The van der Waals surface area contributed by atoms with Crippen molar-refractivity contribution in [3.63, 3.8) is 0 Å². The normalized spacial score (nSPS) is 14.4. The number of hydrogen-bond donors (Lipinski definition) is 0. The largest absolute Gasteiger partial charge is 0.236 e. The smallest absolute Gasteiger partial charge is 0.160 e. The summed E-state index contributed by atoms with van der Waals surface area (Å²) >= 11 is 5.89. The topological polar surface area (TPSA) is 25.8 Å². The molecule has 1 aromatic heterocycles. The lowest BCUT2D eigenvalue weighted by Gasteiger charge is -2.16. The maximum absolute atomic E-state index is 5.89. The first kappa shape index (κ1) is 10.7. The SMILES string of the molecule is Clc1ccnc(-c2ccc3c(c2)CCCC3)n1. The monoisotopic (exact) mass is 244 g/mol. The van der Waals surface area contributed by atoms with Gasteiger partial charge < -0.3 is 0 Å². The van der Waals surface area contributed by atoms with E-state index in [-0.39, 0.29) is 0 Å². The Bertz CT molecular complexity index is 552. The lowest BCUT2D eigenvalue weighted by Crippen LogP contribution is -2.02. The maximum Gasteiger partial charge on any atom is 0.160 e. The summed E-state index contributed by atoms with van der Waals surface area (Å²) in [5.41, 5.74) is 3.98. The molecule has 1 aliphatic carbocycles. The summed E-state index contributed by atoms with van der Waals surface area (Å²) in [6, 6.07) is 8.20. The molecule has 0 radical (unpaired) electrons. The van der Waals surface area contributed by atoms with Gasteiger partial charge >= 0.3 is 0 Å². The second kappa shape index (κ2) is 4.46. The molecule has 0 saturated carbocycles. The van der Waals surface area contributed by atoms with Gasteiger partial charge in [0.05, 0.1) is 0 Å². The molecule has 2 nitrogen and oxygen atoms in total. The number of fused-ring (bicyclic) bond motifs is 1. The minimum atomic E-state index is 0.493. The van der Waals surface area contributed by atoms with Crippen LogP contribution in [0.25, 0.3) is 11.4 Å². The van der Waals surface area contributed by atoms with E-state index in [4.69, 9.17) is 11.6 Å². The van der Waals surface area contributed by atoms with E-state index in [1.54, 1.807) is 12.3 Å². The van der Waals surface area contributed by atoms with Crippen LogP contribution >= 0.6 is 11.6 Å². The number of aryl methyl sites for hydroxylation is 2. The number of hydrogen-bond acceptors (Lipinski definition) is 2. The van der Waals surface area contributed by atoms with Crippen LogP contribution in [0, 0.1) is 0 Å². The third-order valence-corrected chi connectivity index (χ3v) is 3.44. The summed E-state index contributed by atoms with van der Waals surface area (Å²) in [5.74, 6) is 0.714. The molecular formula is C14H13ClN2. The van der Waals surface area contributed by atoms with Crippen LogP contribution in [0.2, 0.25) is 5.15 Å². The van der Waals surface area contributed by atoms with Gasteiger partial charge in [0.1, 0.15) is 5.15 Å². The Labute approximate surface area is 106 Å². The van der Waals surface area contributed by atoms with E-state index < -0.39 is 0 Å². The van der Waals surface area contributed by atoms with Crippen molar-refractivity contribution in [3.8, 4) is 11.4 Å². The lowest BCUT2D eigenvalue weighted by molar-refractivity contribution is 0.686. The van der Waals surface area contributed by atoms with Gasteiger partial charge in [-0.2, -0.15) is 0 Å². The average Bonchev–Trinajstić information content (AvgIpc) is 2.38. The predicted molar refractivity (Wildman–Crippen MR) is 69.1 cm³/mol. The zero-order valence-corrected chi connectivity index (χ0v) is 10.2. The van der Waals surface area contributed by atoms with Crippen molar-refractivity contribution in [2.24, 2.45) is 0 Å². The Balaban J connectivity index is 2.04. The van der Waals surface area contributed by atoms with Gasteiger partial charge in [0, 0.05) is 11.8 Å². The lowest BCUT2D eigenvalue weighted by atomic mass is 9.90. The van der Waals surface area contributed by atoms with Gasteiger partial charge in [0.2, 0.25) is 0 Å². The maximum atomic E-state index is 5.89. The van der Waals surface area contributed by atoms with Gasteiger partial charge in [-0.3, -0.25) is 0 Å². The summed E-state index contributed by atoms with van der Waals surface area (Å²) in [6.45, 7) is 0. The number of benzene rings is 1. The Morgan fingerprint density at radius 1 is 1.00 bits per heavy atom. The third-order valence-electron chi connectivity index (χ3n) is 3.23. The highest BCUT2D eigenvalue weighted by molar-refractivity contribution is 6.29. The molecule has 0 unspecified atom stereocenters. The molecule has 0 amide bonds. The van der Waals surface area contributed by atoms with Crippen molar-refractivity contribution >= 4 is 11.6 Å². The molecule has 0 atom stereocenters. The number of nitrogens with zero attached hydrogens (tertiary/aromatic N) is 2. The molecule has 1 heterocycles. The summed E-state index contributed by atoms with van der Waals surface area (Å²) in [4.78, 5) is 8.51. The predicted octanol–water partition coefficient (Wildman–Crippen LogP) is 3.68. The zero-order valence-electron chi connectivity index (χ0n) is 9.49. The van der Waals surface area contributed by atoms with Crippen molar-refractivity contribution in [1.82, 2.24) is 9.97 Å². The first-order valence-corrected chi connectivity index (χ1v) is 6.31. The fourth-order valence-electron chi connectivity index (χ4n) is 2.35. The molecule has 0 N–H and O–H groups in total. The van der Waals surface area contributed by atoms with Gasteiger partial charge in [0.25, 0.3) is 0 Å². The Kier molecular flexibility index (Phi) is 2.81. The second-order valence-corrected chi connectivity index (χ2v) is 4.78. The van der Waals surface area contributed by atoms with Crippen LogP contribution < -0.4 is 0 Å². The number of rotatable bonds is 1. The molecule has 0 bridgehead atoms. The van der Waals surface area contributed by atoms with E-state index in [1.807, 2.05) is 0 Å². The summed E-state index contributed by atoms with van der Waals surface area (Å²) < 4.78 is 0. The Morgan fingerprint density at radius 3 is 2.65 bits per heavy atom. The highest BCUT2D eigenvalue weighted by atomic mass is 35.5. The quantitative estimate of drug-likeness (QED) is 0.716. The van der Waals surface area contributed by atoms with E-state index in [9.17, 15) is 0 Å². The molecule has 0 fully saturated rings. The fraction of sp³-hybridized carbons (Fsp3) is 0.286. The first-order valence-electron chi connectivity index (χ1n) is 5.94. The zero-order chi connectivity index (χ0) is 11.7. The van der Waals surface area contributed by atoms with E-state index in [1.165, 1.54) is 36.8 Å². The number of aromatic nitrogens is 2. The molecular weight excluding hydrogens is 232 g/mol. The molecule has 86 valence electrons. The van der Waals surface area contributed by atoms with Crippen LogP contribution in [-0.4, -0.2) is 9.97 Å². The van der Waals surface area contributed by atoms with Crippen LogP contribution in [0.3, 0.4) is 0 Å². The highest BCUT2D eigenvalue weighted by Crippen LogP contribution is 2.26. The third kappa shape index (κ3) is 2.18. The number of halogens is 1. The van der Waals surface area contributed by atoms with Gasteiger partial charge in [-0.15, -0.1) is 0 Å². The van der Waals surface area contributed by atoms with Crippen molar-refractivity contribution in [3.05, 3.63) is 46.7 Å². The second-order valence-electron chi connectivity index (χ2n) is 4.39. The van der Waals surface area contributed by atoms with Gasteiger partial charge in [-0.05, 0) is 48.9 Å². The van der Waals surface area contributed by atoms with Crippen LogP contribution in [-0.2, 0) is 12.8 Å². The highest BCUT2D eigenvalue weighted by Gasteiger charge is 2.11. The molecule has 3 rings (SSSR count). The molecule has 1 aromatic carbocycles. The van der Waals surface area contributed by atoms with E-state index >= 15 is 0 Å². The van der Waals surface area contributed by atoms with Crippen molar-refractivity contribution in [1.29, 1.82) is 0 Å². The van der Waals surface area contributed by atoms with Gasteiger partial charge in [-0.25, -0.2) is 9.97 Å². The summed E-state index contributed by atoms with van der Waals surface area (Å²) in [6.07, 6.45) is 6.66. The Hall–Kier alpha value is -1.41.